The molecule has 0 aromatic carbocycles. The Kier molecular flexibility index (Phi) is 3.86. The molecule has 0 spiro atoms. The molecule has 0 saturated carbocycles. The Balaban J connectivity index is 2.11. The number of carbonyl (C=O) groups is 2. The van der Waals surface area contributed by atoms with Gasteiger partial charge in [0, 0.05) is 13.1 Å². The number of aliphatic carboxylic acids is 1. The van der Waals surface area contributed by atoms with Crippen molar-refractivity contribution in [1.29, 1.82) is 0 Å². The SMILES string of the molecule is COc1ccsc1C(=O)N1CCC[C@H](C(=O)O)C1. The van der Waals surface area contributed by atoms with Crippen LogP contribution in [0.25, 0.3) is 0 Å². The van der Waals surface area contributed by atoms with E-state index in [9.17, 15) is 9.59 Å². The van der Waals surface area contributed by atoms with Crippen LogP contribution >= 0.6 is 11.3 Å². The summed E-state index contributed by atoms with van der Waals surface area (Å²) in [7, 11) is 1.52. The summed E-state index contributed by atoms with van der Waals surface area (Å²) >= 11 is 1.32. The number of carboxylic acids is 1. The number of piperidine rings is 1. The molecule has 1 aromatic heterocycles. The highest BCUT2D eigenvalue weighted by molar-refractivity contribution is 7.12. The first kappa shape index (κ1) is 12.9. The van der Waals surface area contributed by atoms with Crippen LogP contribution in [0.4, 0.5) is 0 Å². The third-order valence-corrected chi connectivity index (χ3v) is 3.98. The quantitative estimate of drug-likeness (QED) is 0.906. The van der Waals surface area contributed by atoms with Gasteiger partial charge in [0.15, 0.2) is 0 Å². The lowest BCUT2D eigenvalue weighted by molar-refractivity contribution is -0.143. The third-order valence-electron chi connectivity index (χ3n) is 3.10. The highest BCUT2D eigenvalue weighted by Gasteiger charge is 2.30. The van der Waals surface area contributed by atoms with Gasteiger partial charge in [-0.25, -0.2) is 0 Å². The lowest BCUT2D eigenvalue weighted by Crippen LogP contribution is -2.42. The van der Waals surface area contributed by atoms with Gasteiger partial charge in [0.1, 0.15) is 10.6 Å². The van der Waals surface area contributed by atoms with E-state index in [2.05, 4.69) is 0 Å². The molecule has 1 amide bonds. The Hall–Kier alpha value is -1.56. The number of carbonyl (C=O) groups excluding carboxylic acids is 1. The molecule has 2 heterocycles. The molecule has 1 aromatic rings. The average molecular weight is 269 g/mol. The van der Waals surface area contributed by atoms with Crippen molar-refractivity contribution in [3.8, 4) is 5.75 Å². The number of carboxylic acid groups (broad SMARTS) is 1. The normalized spacial score (nSPS) is 19.6. The van der Waals surface area contributed by atoms with Crippen molar-refractivity contribution >= 4 is 23.2 Å². The Bertz CT molecular complexity index is 457. The maximum Gasteiger partial charge on any atom is 0.308 e. The zero-order valence-corrected chi connectivity index (χ0v) is 10.9. The van der Waals surface area contributed by atoms with Crippen LogP contribution in [0.2, 0.25) is 0 Å². The van der Waals surface area contributed by atoms with Gasteiger partial charge in [0.05, 0.1) is 13.0 Å². The van der Waals surface area contributed by atoms with Crippen molar-refractivity contribution < 1.29 is 19.4 Å². The summed E-state index contributed by atoms with van der Waals surface area (Å²) in [5.41, 5.74) is 0. The standard InChI is InChI=1S/C12H15NO4S/c1-17-9-4-6-18-10(9)11(14)13-5-2-3-8(7-13)12(15)16/h4,6,8H,2-3,5,7H2,1H3,(H,15,16)/t8-/m0/s1. The fourth-order valence-electron chi connectivity index (χ4n) is 2.12. The first-order valence-electron chi connectivity index (χ1n) is 5.77. The second kappa shape index (κ2) is 5.39. The largest absolute Gasteiger partial charge is 0.495 e. The molecular formula is C12H15NO4S. The highest BCUT2D eigenvalue weighted by Crippen LogP contribution is 2.28. The summed E-state index contributed by atoms with van der Waals surface area (Å²) in [6, 6.07) is 1.75. The van der Waals surface area contributed by atoms with Crippen molar-refractivity contribution in [1.82, 2.24) is 4.90 Å². The monoisotopic (exact) mass is 269 g/mol. The fraction of sp³-hybridized carbons (Fsp3) is 0.500. The Morgan fingerprint density at radius 3 is 3.00 bits per heavy atom. The number of amides is 1. The summed E-state index contributed by atoms with van der Waals surface area (Å²) in [6.07, 6.45) is 1.37. The number of nitrogens with zero attached hydrogens (tertiary/aromatic N) is 1. The molecule has 0 radical (unpaired) electrons. The van der Waals surface area contributed by atoms with Crippen molar-refractivity contribution in [2.24, 2.45) is 5.92 Å². The molecular weight excluding hydrogens is 254 g/mol. The van der Waals surface area contributed by atoms with E-state index in [1.54, 1.807) is 16.3 Å². The zero-order chi connectivity index (χ0) is 13.1. The van der Waals surface area contributed by atoms with E-state index < -0.39 is 11.9 Å². The summed E-state index contributed by atoms with van der Waals surface area (Å²) < 4.78 is 5.12. The molecule has 1 aliphatic heterocycles. The number of hydrogen-bond donors (Lipinski definition) is 1. The lowest BCUT2D eigenvalue weighted by atomic mass is 9.98. The average Bonchev–Trinajstić information content (AvgIpc) is 2.86. The van der Waals surface area contributed by atoms with Crippen LogP contribution in [0.3, 0.4) is 0 Å². The van der Waals surface area contributed by atoms with E-state index in [0.29, 0.717) is 23.6 Å². The minimum absolute atomic E-state index is 0.132. The van der Waals surface area contributed by atoms with E-state index in [0.717, 1.165) is 6.42 Å². The van der Waals surface area contributed by atoms with Gasteiger partial charge in [-0.3, -0.25) is 9.59 Å². The molecule has 2 rings (SSSR count). The topological polar surface area (TPSA) is 66.8 Å². The van der Waals surface area contributed by atoms with Crippen LogP contribution in [-0.4, -0.2) is 42.1 Å². The van der Waals surface area contributed by atoms with Gasteiger partial charge in [-0.15, -0.1) is 11.3 Å². The van der Waals surface area contributed by atoms with E-state index in [-0.39, 0.29) is 12.5 Å². The van der Waals surface area contributed by atoms with Crippen LogP contribution in [0.5, 0.6) is 5.75 Å². The summed E-state index contributed by atoms with van der Waals surface area (Å²) in [5, 5.41) is 10.8. The van der Waals surface area contributed by atoms with Crippen molar-refractivity contribution in [2.75, 3.05) is 20.2 Å². The zero-order valence-electron chi connectivity index (χ0n) is 10.1. The van der Waals surface area contributed by atoms with Crippen LogP contribution in [0.15, 0.2) is 11.4 Å². The Labute approximate surface area is 109 Å². The van der Waals surface area contributed by atoms with Crippen LogP contribution in [0.1, 0.15) is 22.5 Å². The van der Waals surface area contributed by atoms with Gasteiger partial charge in [-0.2, -0.15) is 0 Å². The summed E-state index contributed by atoms with van der Waals surface area (Å²) in [6.45, 7) is 0.902. The van der Waals surface area contributed by atoms with Gasteiger partial charge in [-0.1, -0.05) is 0 Å². The lowest BCUT2D eigenvalue weighted by Gasteiger charge is -2.30. The Morgan fingerprint density at radius 1 is 1.56 bits per heavy atom. The maximum absolute atomic E-state index is 12.3. The summed E-state index contributed by atoms with van der Waals surface area (Å²) in [4.78, 5) is 25.4. The van der Waals surface area contributed by atoms with Crippen molar-refractivity contribution in [3.63, 3.8) is 0 Å². The molecule has 0 aliphatic carbocycles. The van der Waals surface area contributed by atoms with Gasteiger partial charge in [0.2, 0.25) is 0 Å². The van der Waals surface area contributed by atoms with Crippen LogP contribution in [0, 0.1) is 5.92 Å². The molecule has 1 fully saturated rings. The molecule has 98 valence electrons. The molecule has 5 nitrogen and oxygen atoms in total. The first-order valence-corrected chi connectivity index (χ1v) is 6.65. The molecule has 1 aliphatic rings. The van der Waals surface area contributed by atoms with E-state index in [4.69, 9.17) is 9.84 Å². The van der Waals surface area contributed by atoms with Gasteiger partial charge < -0.3 is 14.7 Å². The number of methoxy groups -OCH3 is 1. The number of ether oxygens (including phenoxy) is 1. The summed E-state index contributed by atoms with van der Waals surface area (Å²) in [5.74, 6) is -0.852. The maximum atomic E-state index is 12.3. The predicted octanol–water partition coefficient (Wildman–Crippen LogP) is 1.69. The molecule has 1 saturated heterocycles. The first-order chi connectivity index (χ1) is 8.63. The van der Waals surface area contributed by atoms with Gasteiger partial charge >= 0.3 is 5.97 Å². The Morgan fingerprint density at radius 2 is 2.33 bits per heavy atom. The number of thiophene rings is 1. The smallest absolute Gasteiger partial charge is 0.308 e. The van der Waals surface area contributed by atoms with Gasteiger partial charge in [-0.05, 0) is 24.3 Å². The fourth-order valence-corrected chi connectivity index (χ4v) is 2.95. The molecule has 1 N–H and O–H groups in total. The van der Waals surface area contributed by atoms with E-state index in [1.165, 1.54) is 18.4 Å². The third kappa shape index (κ3) is 2.48. The highest BCUT2D eigenvalue weighted by atomic mass is 32.1. The molecule has 0 bridgehead atoms. The van der Waals surface area contributed by atoms with Crippen LogP contribution < -0.4 is 4.74 Å². The number of rotatable bonds is 3. The van der Waals surface area contributed by atoms with Crippen molar-refractivity contribution in [2.45, 2.75) is 12.8 Å². The predicted molar refractivity (Wildman–Crippen MR) is 67.1 cm³/mol. The van der Waals surface area contributed by atoms with E-state index in [1.807, 2.05) is 0 Å². The molecule has 6 heteroatoms. The number of hydrogen-bond acceptors (Lipinski definition) is 4. The molecule has 0 unspecified atom stereocenters. The van der Waals surface area contributed by atoms with Crippen LogP contribution in [-0.2, 0) is 4.79 Å². The van der Waals surface area contributed by atoms with Gasteiger partial charge in [0.25, 0.3) is 5.91 Å². The van der Waals surface area contributed by atoms with Crippen molar-refractivity contribution in [3.05, 3.63) is 16.3 Å². The minimum atomic E-state index is -0.828. The second-order valence-corrected chi connectivity index (χ2v) is 5.16. The molecule has 18 heavy (non-hydrogen) atoms. The minimum Gasteiger partial charge on any atom is -0.495 e. The second-order valence-electron chi connectivity index (χ2n) is 4.25. The number of likely N-dealkylation sites (tertiary alicyclic amines) is 1. The molecule has 1 atom stereocenters. The van der Waals surface area contributed by atoms with E-state index >= 15 is 0 Å².